The second kappa shape index (κ2) is 10.7. The van der Waals surface area contributed by atoms with Gasteiger partial charge in [-0.2, -0.15) is 0 Å². The van der Waals surface area contributed by atoms with Gasteiger partial charge in [-0.25, -0.2) is 0 Å². The zero-order chi connectivity index (χ0) is 19.6. The summed E-state index contributed by atoms with van der Waals surface area (Å²) in [5, 5.41) is 6.11. The second-order valence-corrected chi connectivity index (χ2v) is 7.27. The molecule has 1 heterocycles. The predicted octanol–water partition coefficient (Wildman–Crippen LogP) is 4.35. The van der Waals surface area contributed by atoms with E-state index in [0.29, 0.717) is 24.6 Å². The van der Waals surface area contributed by atoms with E-state index in [4.69, 9.17) is 17.0 Å². The Kier molecular flexibility index (Phi) is 7.67. The van der Waals surface area contributed by atoms with Gasteiger partial charge in [-0.15, -0.1) is 0 Å². The average Bonchev–Trinajstić information content (AvgIpc) is 2.73. The second-order valence-electron chi connectivity index (χ2n) is 6.86. The number of nitrogens with one attached hydrogen (secondary N) is 2. The predicted molar refractivity (Wildman–Crippen MR) is 118 cm³/mol. The van der Waals surface area contributed by atoms with Gasteiger partial charge in [-0.05, 0) is 74.3 Å². The highest BCUT2D eigenvalue weighted by Gasteiger charge is 2.11. The maximum atomic E-state index is 12.0. The van der Waals surface area contributed by atoms with Crippen LogP contribution in [0.15, 0.2) is 54.6 Å². The number of para-hydroxylation sites is 1. The van der Waals surface area contributed by atoms with Gasteiger partial charge in [-0.3, -0.25) is 4.79 Å². The largest absolute Gasteiger partial charge is 0.494 e. The molecule has 0 aromatic heterocycles. The summed E-state index contributed by atoms with van der Waals surface area (Å²) in [6.07, 6.45) is 4.83. The van der Waals surface area contributed by atoms with Crippen LogP contribution in [-0.2, 0) is 4.79 Å². The van der Waals surface area contributed by atoms with Crippen molar-refractivity contribution in [2.75, 3.05) is 29.9 Å². The molecule has 28 heavy (non-hydrogen) atoms. The number of hydrogen-bond donors (Lipinski definition) is 2. The summed E-state index contributed by atoms with van der Waals surface area (Å²) in [4.78, 5) is 14.4. The molecule has 0 saturated carbocycles. The summed E-state index contributed by atoms with van der Waals surface area (Å²) >= 11 is 5.24. The molecule has 148 valence electrons. The molecule has 1 saturated heterocycles. The van der Waals surface area contributed by atoms with E-state index >= 15 is 0 Å². The third-order valence-electron chi connectivity index (χ3n) is 4.66. The number of thiocarbonyl (C=S) groups is 1. The Morgan fingerprint density at radius 1 is 1.00 bits per heavy atom. The van der Waals surface area contributed by atoms with Crippen LogP contribution < -0.4 is 20.3 Å². The van der Waals surface area contributed by atoms with Crippen LogP contribution in [0.2, 0.25) is 0 Å². The van der Waals surface area contributed by atoms with E-state index in [1.807, 2.05) is 42.5 Å². The first-order valence-corrected chi connectivity index (χ1v) is 10.3. The van der Waals surface area contributed by atoms with Crippen molar-refractivity contribution in [3.63, 3.8) is 0 Å². The van der Waals surface area contributed by atoms with E-state index in [1.165, 1.54) is 24.9 Å². The fourth-order valence-electron chi connectivity index (χ4n) is 3.20. The number of amides is 1. The fourth-order valence-corrected chi connectivity index (χ4v) is 3.43. The Balaban J connectivity index is 1.35. The maximum Gasteiger partial charge on any atom is 0.226 e. The van der Waals surface area contributed by atoms with Crippen molar-refractivity contribution in [3.8, 4) is 5.75 Å². The number of rotatable bonds is 7. The molecule has 0 spiro atoms. The highest BCUT2D eigenvalue weighted by molar-refractivity contribution is 7.80. The molecule has 2 N–H and O–H groups in total. The summed E-state index contributed by atoms with van der Waals surface area (Å²) in [7, 11) is 0. The molecule has 1 amide bonds. The number of carbonyl (C=O) groups excluding carboxylic acids is 1. The van der Waals surface area contributed by atoms with Gasteiger partial charge in [0.15, 0.2) is 5.11 Å². The summed E-state index contributed by atoms with van der Waals surface area (Å²) < 4.78 is 5.59. The molecule has 0 bridgehead atoms. The van der Waals surface area contributed by atoms with Crippen LogP contribution >= 0.6 is 12.2 Å². The Hall–Kier alpha value is -2.60. The van der Waals surface area contributed by atoms with Gasteiger partial charge in [0, 0.05) is 30.9 Å². The lowest BCUT2D eigenvalue weighted by Gasteiger charge is -2.28. The quantitative estimate of drug-likeness (QED) is 0.537. The molecule has 5 nitrogen and oxygen atoms in total. The number of piperidine rings is 1. The summed E-state index contributed by atoms with van der Waals surface area (Å²) in [6.45, 7) is 2.74. The number of hydrogen-bond acceptors (Lipinski definition) is 4. The van der Waals surface area contributed by atoms with Crippen LogP contribution in [0.1, 0.15) is 32.1 Å². The topological polar surface area (TPSA) is 53.6 Å². The van der Waals surface area contributed by atoms with Crippen molar-refractivity contribution in [2.45, 2.75) is 32.1 Å². The minimum Gasteiger partial charge on any atom is -0.494 e. The van der Waals surface area contributed by atoms with E-state index in [1.54, 1.807) is 0 Å². The Labute approximate surface area is 172 Å². The molecule has 0 aliphatic carbocycles. The third-order valence-corrected chi connectivity index (χ3v) is 4.86. The van der Waals surface area contributed by atoms with Crippen LogP contribution in [0, 0.1) is 0 Å². The monoisotopic (exact) mass is 397 g/mol. The van der Waals surface area contributed by atoms with Crippen molar-refractivity contribution in [1.29, 1.82) is 0 Å². The lowest BCUT2D eigenvalue weighted by molar-refractivity contribution is -0.119. The highest BCUT2D eigenvalue weighted by Crippen LogP contribution is 2.21. The molecule has 1 fully saturated rings. The first-order chi connectivity index (χ1) is 13.7. The lowest BCUT2D eigenvalue weighted by Crippen LogP contribution is -2.34. The minimum absolute atomic E-state index is 0.112. The van der Waals surface area contributed by atoms with Crippen molar-refractivity contribution in [1.82, 2.24) is 5.32 Å². The third kappa shape index (κ3) is 6.53. The molecule has 2 aromatic carbocycles. The van der Waals surface area contributed by atoms with E-state index < -0.39 is 0 Å². The van der Waals surface area contributed by atoms with Crippen molar-refractivity contribution in [3.05, 3.63) is 54.6 Å². The van der Waals surface area contributed by atoms with Gasteiger partial charge in [0.25, 0.3) is 0 Å². The van der Waals surface area contributed by atoms with Crippen LogP contribution in [0.25, 0.3) is 0 Å². The van der Waals surface area contributed by atoms with E-state index in [9.17, 15) is 4.79 Å². The number of anilines is 2. The van der Waals surface area contributed by atoms with Gasteiger partial charge in [0.2, 0.25) is 5.91 Å². The van der Waals surface area contributed by atoms with Gasteiger partial charge < -0.3 is 20.3 Å². The van der Waals surface area contributed by atoms with Crippen LogP contribution in [0.5, 0.6) is 5.75 Å². The first-order valence-electron chi connectivity index (χ1n) is 9.84. The lowest BCUT2D eigenvalue weighted by atomic mass is 10.1. The van der Waals surface area contributed by atoms with E-state index in [0.717, 1.165) is 24.5 Å². The number of ether oxygens (including phenoxy) is 1. The van der Waals surface area contributed by atoms with E-state index in [2.05, 4.69) is 27.7 Å². The molecule has 1 aliphatic rings. The average molecular weight is 398 g/mol. The molecule has 6 heteroatoms. The van der Waals surface area contributed by atoms with Crippen molar-refractivity contribution in [2.24, 2.45) is 0 Å². The number of carbonyl (C=O) groups is 1. The molecule has 0 radical (unpaired) electrons. The minimum atomic E-state index is -0.112. The summed E-state index contributed by atoms with van der Waals surface area (Å²) in [6, 6.07) is 17.8. The number of nitrogens with zero attached hydrogens (tertiary/aromatic N) is 1. The summed E-state index contributed by atoms with van der Waals surface area (Å²) in [5.41, 5.74) is 2.11. The van der Waals surface area contributed by atoms with Gasteiger partial charge in [0.05, 0.1) is 6.61 Å². The normalized spacial score (nSPS) is 13.6. The van der Waals surface area contributed by atoms with E-state index in [-0.39, 0.29) is 5.91 Å². The number of benzene rings is 2. The Morgan fingerprint density at radius 2 is 1.71 bits per heavy atom. The highest BCUT2D eigenvalue weighted by atomic mass is 32.1. The molecule has 0 atom stereocenters. The van der Waals surface area contributed by atoms with Gasteiger partial charge >= 0.3 is 0 Å². The Morgan fingerprint density at radius 3 is 2.43 bits per heavy atom. The first kappa shape index (κ1) is 20.1. The Bertz CT molecular complexity index is 759. The van der Waals surface area contributed by atoms with Gasteiger partial charge in [-0.1, -0.05) is 18.2 Å². The maximum absolute atomic E-state index is 12.0. The molecular weight excluding hydrogens is 370 g/mol. The zero-order valence-corrected chi connectivity index (χ0v) is 16.8. The molecule has 0 unspecified atom stereocenters. The smallest absolute Gasteiger partial charge is 0.226 e. The molecule has 2 aromatic rings. The van der Waals surface area contributed by atoms with Gasteiger partial charge in [0.1, 0.15) is 5.75 Å². The SMILES string of the molecule is O=C(CCCOc1ccccc1)NC(=S)Nc1ccc(N2CCCCC2)cc1. The molecule has 3 rings (SSSR count). The fraction of sp³-hybridized carbons (Fsp3) is 0.364. The standard InChI is InChI=1S/C22H27N3O2S/c26-21(10-7-17-27-20-8-3-1-4-9-20)24-22(28)23-18-11-13-19(14-12-18)25-15-5-2-6-16-25/h1,3-4,8-9,11-14H,2,5-7,10,15-17H2,(H2,23,24,26,28). The van der Waals surface area contributed by atoms with Crippen LogP contribution in [0.3, 0.4) is 0 Å². The van der Waals surface area contributed by atoms with Crippen molar-refractivity contribution < 1.29 is 9.53 Å². The summed E-state index contributed by atoms with van der Waals surface area (Å²) in [5.74, 6) is 0.701. The molecular formula is C22H27N3O2S. The van der Waals surface area contributed by atoms with Crippen molar-refractivity contribution >= 4 is 34.6 Å². The van der Waals surface area contributed by atoms with Crippen LogP contribution in [0.4, 0.5) is 11.4 Å². The van der Waals surface area contributed by atoms with Crippen LogP contribution in [-0.4, -0.2) is 30.7 Å². The zero-order valence-electron chi connectivity index (χ0n) is 16.0. The molecule has 1 aliphatic heterocycles.